The van der Waals surface area contributed by atoms with Gasteiger partial charge in [-0.1, -0.05) is 36.8 Å². The lowest BCUT2D eigenvalue weighted by Gasteiger charge is -2.42. The van der Waals surface area contributed by atoms with Crippen LogP contribution in [0, 0.1) is 0 Å². The highest BCUT2D eigenvalue weighted by Crippen LogP contribution is 2.50. The first-order valence-electron chi connectivity index (χ1n) is 8.54. The molecular weight excluding hydrogens is 282 g/mol. The molecule has 2 heteroatoms. The summed E-state index contributed by atoms with van der Waals surface area (Å²) in [4.78, 5) is 5.03. The lowest BCUT2D eigenvalue weighted by molar-refractivity contribution is 0.0237. The van der Waals surface area contributed by atoms with Crippen molar-refractivity contribution in [2.24, 2.45) is 0 Å². The van der Waals surface area contributed by atoms with Crippen LogP contribution in [0.5, 0.6) is 5.75 Å². The van der Waals surface area contributed by atoms with E-state index < -0.39 is 0 Å². The lowest BCUT2D eigenvalue weighted by atomic mass is 9.76. The molecule has 114 valence electrons. The number of nitrogens with zero attached hydrogens (tertiary/aromatic N) is 1. The zero-order valence-corrected chi connectivity index (χ0v) is 13.1. The predicted octanol–water partition coefficient (Wildman–Crippen LogP) is 5.45. The van der Waals surface area contributed by atoms with Crippen molar-refractivity contribution in [3.05, 3.63) is 60.2 Å². The molecule has 0 bridgehead atoms. The molecule has 0 N–H and O–H groups in total. The number of pyridine rings is 1. The Hall–Kier alpha value is -2.35. The standard InChI is InChI=1S/C21H19NO/c1-6-12-21(13-7-1)17-14-15-8-2-4-10-18(15)22-20(17)16-9-3-5-11-19(16)23-21/h2-5,8-11,14H,1,6-7,12-13H2. The second-order valence-electron chi connectivity index (χ2n) is 6.73. The van der Waals surface area contributed by atoms with Gasteiger partial charge in [0, 0.05) is 16.5 Å². The highest BCUT2D eigenvalue weighted by atomic mass is 16.5. The highest BCUT2D eigenvalue weighted by molar-refractivity contribution is 5.86. The fourth-order valence-electron chi connectivity index (χ4n) is 4.18. The second-order valence-corrected chi connectivity index (χ2v) is 6.73. The molecule has 1 aromatic heterocycles. The van der Waals surface area contributed by atoms with Crippen LogP contribution in [-0.2, 0) is 5.60 Å². The summed E-state index contributed by atoms with van der Waals surface area (Å²) in [6.07, 6.45) is 5.95. The zero-order chi connectivity index (χ0) is 15.3. The SMILES string of the molecule is c1ccc2c(c1)OC1(CCCCC1)c1cc3ccccc3nc1-2. The molecule has 5 rings (SSSR count). The van der Waals surface area contributed by atoms with Gasteiger partial charge in [0.2, 0.25) is 0 Å². The molecule has 1 saturated carbocycles. The van der Waals surface area contributed by atoms with Crippen molar-refractivity contribution in [2.45, 2.75) is 37.7 Å². The number of aromatic nitrogens is 1. The molecule has 1 aliphatic carbocycles. The zero-order valence-electron chi connectivity index (χ0n) is 13.1. The van der Waals surface area contributed by atoms with Crippen molar-refractivity contribution >= 4 is 10.9 Å². The van der Waals surface area contributed by atoms with Crippen molar-refractivity contribution in [1.82, 2.24) is 4.98 Å². The van der Waals surface area contributed by atoms with Crippen LogP contribution in [0.2, 0.25) is 0 Å². The number of fused-ring (bicyclic) bond motifs is 5. The summed E-state index contributed by atoms with van der Waals surface area (Å²) in [5, 5.41) is 1.21. The molecule has 0 atom stereocenters. The summed E-state index contributed by atoms with van der Waals surface area (Å²) in [5.74, 6) is 0.990. The Morgan fingerprint density at radius 3 is 2.57 bits per heavy atom. The first-order valence-corrected chi connectivity index (χ1v) is 8.54. The highest BCUT2D eigenvalue weighted by Gasteiger charge is 2.42. The van der Waals surface area contributed by atoms with E-state index in [0.29, 0.717) is 0 Å². The average Bonchev–Trinajstić information content (AvgIpc) is 2.61. The molecule has 0 amide bonds. The van der Waals surface area contributed by atoms with E-state index >= 15 is 0 Å². The lowest BCUT2D eigenvalue weighted by Crippen LogP contribution is -2.38. The van der Waals surface area contributed by atoms with Gasteiger partial charge in [-0.3, -0.25) is 0 Å². The number of hydrogen-bond donors (Lipinski definition) is 0. The molecule has 1 aliphatic heterocycles. The molecule has 2 nitrogen and oxygen atoms in total. The maximum atomic E-state index is 6.60. The predicted molar refractivity (Wildman–Crippen MR) is 92.6 cm³/mol. The minimum Gasteiger partial charge on any atom is -0.482 e. The molecule has 1 fully saturated rings. The Morgan fingerprint density at radius 2 is 1.65 bits per heavy atom. The van der Waals surface area contributed by atoms with E-state index in [4.69, 9.17) is 9.72 Å². The summed E-state index contributed by atoms with van der Waals surface area (Å²) in [6.45, 7) is 0. The first-order chi connectivity index (χ1) is 11.4. The summed E-state index contributed by atoms with van der Waals surface area (Å²) >= 11 is 0. The smallest absolute Gasteiger partial charge is 0.136 e. The topological polar surface area (TPSA) is 22.1 Å². The van der Waals surface area contributed by atoms with Gasteiger partial charge in [-0.2, -0.15) is 0 Å². The molecule has 0 saturated heterocycles. The van der Waals surface area contributed by atoms with Crippen LogP contribution >= 0.6 is 0 Å². The second kappa shape index (κ2) is 4.82. The van der Waals surface area contributed by atoms with Gasteiger partial charge in [0.25, 0.3) is 0 Å². The van der Waals surface area contributed by atoms with Crippen LogP contribution in [-0.4, -0.2) is 4.98 Å². The summed E-state index contributed by atoms with van der Waals surface area (Å²) < 4.78 is 6.60. The van der Waals surface area contributed by atoms with Crippen LogP contribution < -0.4 is 4.74 Å². The minimum atomic E-state index is -0.182. The van der Waals surface area contributed by atoms with Gasteiger partial charge in [0.05, 0.1) is 11.2 Å². The largest absolute Gasteiger partial charge is 0.482 e. The Kier molecular flexibility index (Phi) is 2.75. The number of ether oxygens (including phenoxy) is 1. The molecule has 1 spiro atoms. The van der Waals surface area contributed by atoms with E-state index in [0.717, 1.165) is 35.4 Å². The van der Waals surface area contributed by atoms with Crippen molar-refractivity contribution in [2.75, 3.05) is 0 Å². The average molecular weight is 301 g/mol. The Balaban J connectivity index is 1.84. The molecule has 2 heterocycles. The minimum absolute atomic E-state index is 0.182. The van der Waals surface area contributed by atoms with Crippen molar-refractivity contribution in [3.63, 3.8) is 0 Å². The quantitative estimate of drug-likeness (QED) is 0.550. The fourth-order valence-corrected chi connectivity index (χ4v) is 4.18. The first kappa shape index (κ1) is 13.1. The van der Waals surface area contributed by atoms with E-state index in [9.17, 15) is 0 Å². The Morgan fingerprint density at radius 1 is 0.870 bits per heavy atom. The molecule has 0 unspecified atom stereocenters. The van der Waals surface area contributed by atoms with Crippen LogP contribution in [0.1, 0.15) is 37.7 Å². The van der Waals surface area contributed by atoms with E-state index in [-0.39, 0.29) is 5.60 Å². The fraction of sp³-hybridized carbons (Fsp3) is 0.286. The number of para-hydroxylation sites is 2. The summed E-state index contributed by atoms with van der Waals surface area (Å²) in [5.41, 5.74) is 4.42. The third-order valence-corrected chi connectivity index (χ3v) is 5.32. The van der Waals surface area contributed by atoms with Crippen molar-refractivity contribution < 1.29 is 4.74 Å². The third-order valence-electron chi connectivity index (χ3n) is 5.32. The van der Waals surface area contributed by atoms with Crippen LogP contribution in [0.25, 0.3) is 22.2 Å². The number of benzene rings is 2. The molecule has 0 radical (unpaired) electrons. The van der Waals surface area contributed by atoms with Crippen molar-refractivity contribution in [1.29, 1.82) is 0 Å². The van der Waals surface area contributed by atoms with Gasteiger partial charge in [0.15, 0.2) is 0 Å². The molecular formula is C21H19NO. The van der Waals surface area contributed by atoms with Crippen LogP contribution in [0.15, 0.2) is 54.6 Å². The summed E-state index contributed by atoms with van der Waals surface area (Å²) in [7, 11) is 0. The Bertz CT molecular complexity index is 893. The third kappa shape index (κ3) is 1.91. The molecule has 2 aromatic carbocycles. The monoisotopic (exact) mass is 301 g/mol. The number of hydrogen-bond acceptors (Lipinski definition) is 2. The normalized spacial score (nSPS) is 18.3. The number of rotatable bonds is 0. The summed E-state index contributed by atoms with van der Waals surface area (Å²) in [6, 6.07) is 19.1. The maximum absolute atomic E-state index is 6.60. The van der Waals surface area contributed by atoms with E-state index in [1.807, 2.05) is 0 Å². The van der Waals surface area contributed by atoms with E-state index in [1.165, 1.54) is 30.2 Å². The van der Waals surface area contributed by atoms with Gasteiger partial charge in [-0.25, -0.2) is 4.98 Å². The molecule has 23 heavy (non-hydrogen) atoms. The molecule has 2 aliphatic rings. The molecule has 3 aromatic rings. The van der Waals surface area contributed by atoms with Gasteiger partial charge in [-0.15, -0.1) is 0 Å². The van der Waals surface area contributed by atoms with Gasteiger partial charge < -0.3 is 4.74 Å². The van der Waals surface area contributed by atoms with Gasteiger partial charge in [0.1, 0.15) is 11.4 Å². The van der Waals surface area contributed by atoms with Gasteiger partial charge in [-0.05, 0) is 49.9 Å². The van der Waals surface area contributed by atoms with E-state index in [2.05, 4.69) is 54.6 Å². The Labute approximate surface area is 136 Å². The van der Waals surface area contributed by atoms with E-state index in [1.54, 1.807) is 0 Å². The maximum Gasteiger partial charge on any atom is 0.136 e. The van der Waals surface area contributed by atoms with Crippen LogP contribution in [0.3, 0.4) is 0 Å². The van der Waals surface area contributed by atoms with Gasteiger partial charge >= 0.3 is 0 Å². The van der Waals surface area contributed by atoms with Crippen molar-refractivity contribution in [3.8, 4) is 17.0 Å². The van der Waals surface area contributed by atoms with Crippen LogP contribution in [0.4, 0.5) is 0 Å².